The van der Waals surface area contributed by atoms with E-state index in [2.05, 4.69) is 31.2 Å². The summed E-state index contributed by atoms with van der Waals surface area (Å²) in [6.45, 7) is 0. The first kappa shape index (κ1) is 14.0. The van der Waals surface area contributed by atoms with Crippen molar-refractivity contribution >= 4 is 50.2 Å². The van der Waals surface area contributed by atoms with Gasteiger partial charge in [-0.2, -0.15) is 0 Å². The fraction of sp³-hybridized carbons (Fsp3) is 0. The minimum Gasteiger partial charge on any atom is -0.306 e. The van der Waals surface area contributed by atoms with Gasteiger partial charge in [0.15, 0.2) is 0 Å². The smallest absolute Gasteiger partial charge is 0.257 e. The summed E-state index contributed by atoms with van der Waals surface area (Å²) in [5.41, 5.74) is 1.14. The molecule has 21 heavy (non-hydrogen) atoms. The molecule has 0 fully saturated rings. The zero-order valence-electron chi connectivity index (χ0n) is 10.7. The minimum atomic E-state index is -0.282. The first-order chi connectivity index (χ1) is 10.1. The van der Waals surface area contributed by atoms with Gasteiger partial charge in [-0.1, -0.05) is 29.8 Å². The van der Waals surface area contributed by atoms with Crippen LogP contribution in [0.3, 0.4) is 0 Å². The average Bonchev–Trinajstić information content (AvgIpc) is 2.48. The molecule has 3 aromatic rings. The summed E-state index contributed by atoms with van der Waals surface area (Å²) >= 11 is 9.33. The van der Waals surface area contributed by atoms with Crippen molar-refractivity contribution in [2.24, 2.45) is 0 Å². The van der Waals surface area contributed by atoms with Crippen LogP contribution < -0.4 is 5.32 Å². The second kappa shape index (κ2) is 5.79. The highest BCUT2D eigenvalue weighted by molar-refractivity contribution is 9.10. The molecule has 0 bridgehead atoms. The van der Waals surface area contributed by atoms with E-state index in [1.807, 2.05) is 24.3 Å². The number of nitrogens with one attached hydrogen (secondary N) is 1. The number of amides is 1. The number of anilines is 1. The maximum Gasteiger partial charge on any atom is 0.257 e. The van der Waals surface area contributed by atoms with Gasteiger partial charge in [0.1, 0.15) is 11.0 Å². The van der Waals surface area contributed by atoms with Crippen molar-refractivity contribution in [1.82, 2.24) is 9.97 Å². The molecule has 6 heteroatoms. The van der Waals surface area contributed by atoms with Crippen molar-refractivity contribution in [2.75, 3.05) is 5.32 Å². The predicted molar refractivity (Wildman–Crippen MR) is 86.6 cm³/mol. The van der Waals surface area contributed by atoms with Crippen LogP contribution in [0.5, 0.6) is 0 Å². The fourth-order valence-electron chi connectivity index (χ4n) is 1.98. The van der Waals surface area contributed by atoms with Gasteiger partial charge in [0.25, 0.3) is 5.91 Å². The zero-order chi connectivity index (χ0) is 14.8. The first-order valence-corrected chi connectivity index (χ1v) is 7.29. The van der Waals surface area contributed by atoms with E-state index in [-0.39, 0.29) is 11.1 Å². The van der Waals surface area contributed by atoms with Gasteiger partial charge in [-0.05, 0) is 40.2 Å². The third-order valence-corrected chi connectivity index (χ3v) is 3.75. The predicted octanol–water partition coefficient (Wildman–Crippen LogP) is 4.30. The van der Waals surface area contributed by atoms with Crippen LogP contribution in [0.4, 0.5) is 5.82 Å². The maximum atomic E-state index is 12.5. The Morgan fingerprint density at radius 3 is 2.81 bits per heavy atom. The molecule has 0 radical (unpaired) electrons. The Morgan fingerprint density at radius 1 is 1.19 bits per heavy atom. The molecule has 0 aliphatic carbocycles. The Morgan fingerprint density at radius 2 is 2.00 bits per heavy atom. The third-order valence-electron chi connectivity index (χ3n) is 2.92. The van der Waals surface area contributed by atoms with Crippen LogP contribution in [-0.4, -0.2) is 15.9 Å². The van der Waals surface area contributed by atoms with Gasteiger partial charge in [-0.25, -0.2) is 9.97 Å². The monoisotopic (exact) mass is 361 g/mol. The lowest BCUT2D eigenvalue weighted by molar-refractivity contribution is 0.102. The number of hydrogen-bond acceptors (Lipinski definition) is 3. The number of hydrogen-bond donors (Lipinski definition) is 1. The second-order valence-electron chi connectivity index (χ2n) is 4.30. The molecule has 1 aromatic carbocycles. The molecule has 0 aliphatic rings. The molecule has 0 unspecified atom stereocenters. The molecular weight excluding hydrogens is 354 g/mol. The van der Waals surface area contributed by atoms with Crippen LogP contribution in [0, 0.1) is 0 Å². The lowest BCUT2D eigenvalue weighted by Crippen LogP contribution is -2.14. The summed E-state index contributed by atoms with van der Waals surface area (Å²) in [6.07, 6.45) is 1.61. The number of pyridine rings is 2. The molecule has 104 valence electrons. The van der Waals surface area contributed by atoms with Crippen molar-refractivity contribution in [3.8, 4) is 0 Å². The number of halogens is 2. The van der Waals surface area contributed by atoms with Crippen LogP contribution in [0.25, 0.3) is 10.9 Å². The first-order valence-electron chi connectivity index (χ1n) is 6.12. The highest BCUT2D eigenvalue weighted by atomic mass is 79.9. The molecule has 0 spiro atoms. The lowest BCUT2D eigenvalue weighted by atomic mass is 10.1. The van der Waals surface area contributed by atoms with Gasteiger partial charge >= 0.3 is 0 Å². The van der Waals surface area contributed by atoms with Crippen LogP contribution >= 0.6 is 27.5 Å². The number of para-hydroxylation sites is 1. The quantitative estimate of drug-likeness (QED) is 0.692. The normalized spacial score (nSPS) is 10.6. The summed E-state index contributed by atoms with van der Waals surface area (Å²) in [4.78, 5) is 20.8. The molecule has 0 saturated heterocycles. The van der Waals surface area contributed by atoms with Gasteiger partial charge in [-0.15, -0.1) is 0 Å². The van der Waals surface area contributed by atoms with Crippen LogP contribution in [0.2, 0.25) is 5.15 Å². The summed E-state index contributed by atoms with van der Waals surface area (Å²) < 4.78 is 0.711. The summed E-state index contributed by atoms with van der Waals surface area (Å²) in [5.74, 6) is 0.175. The van der Waals surface area contributed by atoms with Gasteiger partial charge < -0.3 is 5.32 Å². The van der Waals surface area contributed by atoms with Gasteiger partial charge in [0.2, 0.25) is 0 Å². The van der Waals surface area contributed by atoms with Crippen molar-refractivity contribution in [2.45, 2.75) is 0 Å². The zero-order valence-corrected chi connectivity index (χ0v) is 13.0. The Bertz CT molecular complexity index is 838. The van der Waals surface area contributed by atoms with Crippen LogP contribution in [-0.2, 0) is 0 Å². The molecule has 2 aromatic heterocycles. The lowest BCUT2D eigenvalue weighted by Gasteiger charge is -2.09. The maximum absolute atomic E-state index is 12.5. The Balaban J connectivity index is 2.04. The highest BCUT2D eigenvalue weighted by Crippen LogP contribution is 2.23. The number of aromatic nitrogens is 2. The molecule has 1 amide bonds. The number of benzene rings is 1. The number of fused-ring (bicyclic) bond motifs is 1. The van der Waals surface area contributed by atoms with Gasteiger partial charge in [0.05, 0.1) is 15.6 Å². The number of carbonyl (C=O) groups is 1. The average molecular weight is 363 g/mol. The Hall–Kier alpha value is -1.98. The van der Waals surface area contributed by atoms with E-state index in [9.17, 15) is 4.79 Å². The number of rotatable bonds is 2. The van der Waals surface area contributed by atoms with E-state index < -0.39 is 0 Å². The Kier molecular flexibility index (Phi) is 3.86. The van der Waals surface area contributed by atoms with Crippen molar-refractivity contribution in [3.63, 3.8) is 0 Å². The molecule has 3 rings (SSSR count). The molecule has 0 saturated carbocycles. The van der Waals surface area contributed by atoms with Crippen LogP contribution in [0.1, 0.15) is 10.4 Å². The van der Waals surface area contributed by atoms with E-state index in [0.29, 0.717) is 21.4 Å². The minimum absolute atomic E-state index is 0.277. The fourth-order valence-corrected chi connectivity index (χ4v) is 2.54. The van der Waals surface area contributed by atoms with E-state index in [1.165, 1.54) is 0 Å². The largest absolute Gasteiger partial charge is 0.306 e. The van der Waals surface area contributed by atoms with Gasteiger partial charge in [0, 0.05) is 11.6 Å². The second-order valence-corrected chi connectivity index (χ2v) is 5.54. The van der Waals surface area contributed by atoms with Crippen LogP contribution in [0.15, 0.2) is 53.1 Å². The van der Waals surface area contributed by atoms with E-state index in [1.54, 1.807) is 24.4 Å². The molecule has 0 atom stereocenters. The van der Waals surface area contributed by atoms with E-state index in [0.717, 1.165) is 5.39 Å². The topological polar surface area (TPSA) is 54.9 Å². The molecule has 1 N–H and O–H groups in total. The summed E-state index contributed by atoms with van der Waals surface area (Å²) in [5, 5.41) is 3.78. The third kappa shape index (κ3) is 2.89. The standard InChI is InChI=1S/C15H9BrClN3O/c16-11-5-3-7-18-14(11)20-15(21)10-8-13(17)19-12-6-2-1-4-9(10)12/h1-8H,(H,18,20,21). The molecular formula is C15H9BrClN3O. The van der Waals surface area contributed by atoms with Crippen molar-refractivity contribution in [3.05, 3.63) is 63.9 Å². The molecule has 2 heterocycles. The molecule has 0 aliphatic heterocycles. The molecule has 4 nitrogen and oxygen atoms in total. The van der Waals surface area contributed by atoms with E-state index >= 15 is 0 Å². The highest BCUT2D eigenvalue weighted by Gasteiger charge is 2.14. The van der Waals surface area contributed by atoms with Crippen molar-refractivity contribution < 1.29 is 4.79 Å². The number of nitrogens with zero attached hydrogens (tertiary/aromatic N) is 2. The Labute approximate surface area is 134 Å². The van der Waals surface area contributed by atoms with E-state index in [4.69, 9.17) is 11.6 Å². The number of carbonyl (C=O) groups excluding carboxylic acids is 1. The van der Waals surface area contributed by atoms with Gasteiger partial charge in [-0.3, -0.25) is 4.79 Å². The summed E-state index contributed by atoms with van der Waals surface area (Å²) in [7, 11) is 0. The summed E-state index contributed by atoms with van der Waals surface area (Å²) in [6, 6.07) is 12.5. The van der Waals surface area contributed by atoms with Crippen molar-refractivity contribution in [1.29, 1.82) is 0 Å². The SMILES string of the molecule is O=C(Nc1ncccc1Br)c1cc(Cl)nc2ccccc12.